The molecule has 5 heteroatoms. The van der Waals surface area contributed by atoms with E-state index in [9.17, 15) is 0 Å². The Balaban J connectivity index is 2.31. The van der Waals surface area contributed by atoms with Crippen molar-refractivity contribution in [2.75, 3.05) is 0 Å². The Hall–Kier alpha value is -1.20. The average Bonchev–Trinajstić information content (AvgIpc) is 2.73. The van der Waals surface area contributed by atoms with E-state index in [1.54, 1.807) is 0 Å². The maximum Gasteiger partial charge on any atom is 0.158 e. The van der Waals surface area contributed by atoms with E-state index in [0.717, 1.165) is 43.5 Å². The van der Waals surface area contributed by atoms with Gasteiger partial charge in [0.15, 0.2) is 5.82 Å². The molecular weight excluding hydrogens is 382 g/mol. The summed E-state index contributed by atoms with van der Waals surface area (Å²) in [4.78, 5) is 4.78. The van der Waals surface area contributed by atoms with E-state index in [1.165, 1.54) is 0 Å². The van der Waals surface area contributed by atoms with Gasteiger partial charge in [0.2, 0.25) is 0 Å². The number of nitrogens with zero attached hydrogens (tertiary/aromatic N) is 3. The highest BCUT2D eigenvalue weighted by Gasteiger charge is 2.15. The molecule has 0 saturated carbocycles. The fourth-order valence-corrected chi connectivity index (χ4v) is 2.92. The van der Waals surface area contributed by atoms with Gasteiger partial charge in [-0.1, -0.05) is 34.1 Å². The third-order valence-corrected chi connectivity index (χ3v) is 5.08. The van der Waals surface area contributed by atoms with Gasteiger partial charge in [-0.05, 0) is 41.9 Å². The molecule has 0 atom stereocenters. The van der Waals surface area contributed by atoms with E-state index in [-0.39, 0.29) is 0 Å². The van der Waals surface area contributed by atoms with Gasteiger partial charge in [0.25, 0.3) is 0 Å². The minimum absolute atomic E-state index is 0.746. The van der Waals surface area contributed by atoms with Crippen LogP contribution in [0.1, 0.15) is 17.0 Å². The zero-order valence-electron chi connectivity index (χ0n) is 11.2. The molecule has 2 aromatic heterocycles. The van der Waals surface area contributed by atoms with Crippen LogP contribution >= 0.6 is 31.9 Å². The van der Waals surface area contributed by atoms with Crippen molar-refractivity contribution in [3.63, 3.8) is 0 Å². The summed E-state index contributed by atoms with van der Waals surface area (Å²) in [5.41, 5.74) is 4.14. The summed E-state index contributed by atoms with van der Waals surface area (Å²) in [7, 11) is 0. The summed E-state index contributed by atoms with van der Waals surface area (Å²) in [6.07, 6.45) is 0. The number of aryl methyl sites for hydroxylation is 1. The van der Waals surface area contributed by atoms with Crippen LogP contribution in [-0.4, -0.2) is 14.8 Å². The molecule has 0 saturated heterocycles. The lowest BCUT2D eigenvalue weighted by molar-refractivity contribution is 0.802. The summed E-state index contributed by atoms with van der Waals surface area (Å²) in [5.74, 6) is 0.881. The lowest BCUT2D eigenvalue weighted by atomic mass is 10.1. The Kier molecular flexibility index (Phi) is 3.65. The van der Waals surface area contributed by atoms with Crippen molar-refractivity contribution >= 4 is 42.8 Å². The first-order valence-electron chi connectivity index (χ1n) is 6.28. The molecule has 0 aliphatic rings. The smallest absolute Gasteiger partial charge is 0.158 e. The van der Waals surface area contributed by atoms with E-state index in [1.807, 2.05) is 36.7 Å². The molecule has 0 radical (unpaired) electrons. The second kappa shape index (κ2) is 5.30. The largest absolute Gasteiger partial charge is 0.228 e. The number of alkyl halides is 1. The molecule has 0 spiro atoms. The normalized spacial score (nSPS) is 11.2. The molecule has 0 bridgehead atoms. The Labute approximate surface area is 134 Å². The summed E-state index contributed by atoms with van der Waals surface area (Å²) in [6.45, 7) is 4.03. The number of aromatic nitrogens is 3. The molecule has 3 nitrogen and oxygen atoms in total. The molecule has 2 heterocycles. The number of fused-ring (bicyclic) bond motifs is 1. The lowest BCUT2D eigenvalue weighted by Gasteiger charge is -2.10. The number of benzene rings is 1. The number of rotatable bonds is 2. The van der Waals surface area contributed by atoms with Crippen molar-refractivity contribution in [3.8, 4) is 5.82 Å². The van der Waals surface area contributed by atoms with Crippen LogP contribution in [0.25, 0.3) is 16.7 Å². The van der Waals surface area contributed by atoms with Gasteiger partial charge >= 0.3 is 0 Å². The highest BCUT2D eigenvalue weighted by Crippen LogP contribution is 2.26. The third kappa shape index (κ3) is 2.19. The van der Waals surface area contributed by atoms with Gasteiger partial charge in [-0.25, -0.2) is 9.67 Å². The van der Waals surface area contributed by atoms with Crippen LogP contribution in [0.4, 0.5) is 0 Å². The first-order valence-corrected chi connectivity index (χ1v) is 8.20. The third-order valence-electron chi connectivity index (χ3n) is 3.33. The molecule has 0 unspecified atom stereocenters. The molecule has 0 N–H and O–H groups in total. The van der Waals surface area contributed by atoms with Crippen LogP contribution in [0.2, 0.25) is 0 Å². The quantitative estimate of drug-likeness (QED) is 0.590. The first-order chi connectivity index (χ1) is 9.61. The SMILES string of the molecule is Cc1nn(-c2nc3ccccc3cc2CBr)c(C)c1Br. The molecule has 1 aromatic carbocycles. The Bertz CT molecular complexity index is 793. The van der Waals surface area contributed by atoms with Crippen molar-refractivity contribution in [1.29, 1.82) is 0 Å². The van der Waals surface area contributed by atoms with Crippen LogP contribution in [0.3, 0.4) is 0 Å². The second-order valence-corrected chi connectivity index (χ2v) is 6.05. The Morgan fingerprint density at radius 1 is 1.20 bits per heavy atom. The summed E-state index contributed by atoms with van der Waals surface area (Å²) >= 11 is 7.12. The lowest BCUT2D eigenvalue weighted by Crippen LogP contribution is -2.06. The number of hydrogen-bond donors (Lipinski definition) is 0. The van der Waals surface area contributed by atoms with Gasteiger partial charge in [0.05, 0.1) is 21.4 Å². The molecule has 0 aliphatic heterocycles. The van der Waals surface area contributed by atoms with Crippen LogP contribution in [0.5, 0.6) is 0 Å². The van der Waals surface area contributed by atoms with Crippen LogP contribution in [0, 0.1) is 13.8 Å². The Morgan fingerprint density at radius 3 is 2.60 bits per heavy atom. The van der Waals surface area contributed by atoms with Gasteiger partial charge in [-0.2, -0.15) is 5.10 Å². The number of para-hydroxylation sites is 1. The predicted molar refractivity (Wildman–Crippen MR) is 88.7 cm³/mol. The first kappa shape index (κ1) is 13.8. The van der Waals surface area contributed by atoms with E-state index in [2.05, 4.69) is 49.1 Å². The molecule has 0 fully saturated rings. The summed E-state index contributed by atoms with van der Waals surface area (Å²) in [5, 5.41) is 6.47. The minimum atomic E-state index is 0.746. The van der Waals surface area contributed by atoms with Crippen LogP contribution in [0.15, 0.2) is 34.8 Å². The predicted octanol–water partition coefficient (Wildman–Crippen LogP) is 4.69. The Morgan fingerprint density at radius 2 is 1.95 bits per heavy atom. The molecule has 3 aromatic rings. The van der Waals surface area contributed by atoms with Crippen molar-refractivity contribution in [2.45, 2.75) is 19.2 Å². The van der Waals surface area contributed by atoms with Crippen molar-refractivity contribution < 1.29 is 0 Å². The minimum Gasteiger partial charge on any atom is -0.228 e. The standard InChI is InChI=1S/C15H13Br2N3/c1-9-14(17)10(2)20(19-9)15-12(8-16)7-11-5-3-4-6-13(11)18-15/h3-7H,8H2,1-2H3. The zero-order chi connectivity index (χ0) is 14.3. The fraction of sp³-hybridized carbons (Fsp3) is 0.200. The summed E-state index contributed by atoms with van der Waals surface area (Å²) < 4.78 is 2.94. The second-order valence-electron chi connectivity index (χ2n) is 4.69. The zero-order valence-corrected chi connectivity index (χ0v) is 14.4. The maximum absolute atomic E-state index is 4.78. The van der Waals surface area contributed by atoms with Gasteiger partial charge in [-0.3, -0.25) is 0 Å². The van der Waals surface area contributed by atoms with E-state index < -0.39 is 0 Å². The topological polar surface area (TPSA) is 30.7 Å². The van der Waals surface area contributed by atoms with E-state index >= 15 is 0 Å². The van der Waals surface area contributed by atoms with E-state index in [0.29, 0.717) is 0 Å². The molecule has 102 valence electrons. The van der Waals surface area contributed by atoms with Crippen LogP contribution < -0.4 is 0 Å². The van der Waals surface area contributed by atoms with Gasteiger partial charge in [0, 0.05) is 16.3 Å². The molecule has 0 amide bonds. The van der Waals surface area contributed by atoms with Gasteiger partial charge < -0.3 is 0 Å². The van der Waals surface area contributed by atoms with E-state index in [4.69, 9.17) is 4.98 Å². The molecule has 0 aliphatic carbocycles. The van der Waals surface area contributed by atoms with Crippen LogP contribution in [-0.2, 0) is 5.33 Å². The van der Waals surface area contributed by atoms with Crippen molar-refractivity contribution in [2.24, 2.45) is 0 Å². The van der Waals surface area contributed by atoms with Crippen molar-refractivity contribution in [1.82, 2.24) is 14.8 Å². The molecule has 3 rings (SSSR count). The van der Waals surface area contributed by atoms with Gasteiger partial charge in [-0.15, -0.1) is 0 Å². The summed E-state index contributed by atoms with van der Waals surface area (Å²) in [6, 6.07) is 10.3. The fourth-order valence-electron chi connectivity index (χ4n) is 2.26. The number of hydrogen-bond acceptors (Lipinski definition) is 2. The monoisotopic (exact) mass is 393 g/mol. The molecule has 20 heavy (non-hydrogen) atoms. The number of pyridine rings is 1. The van der Waals surface area contributed by atoms with Gasteiger partial charge in [0.1, 0.15) is 0 Å². The highest BCUT2D eigenvalue weighted by atomic mass is 79.9. The average molecular weight is 395 g/mol. The number of halogens is 2. The highest BCUT2D eigenvalue weighted by molar-refractivity contribution is 9.10. The maximum atomic E-state index is 4.78. The van der Waals surface area contributed by atoms with Crippen molar-refractivity contribution in [3.05, 3.63) is 51.8 Å². The molecular formula is C15H13Br2N3.